The average molecular weight is 500 g/mol. The Morgan fingerprint density at radius 1 is 0.946 bits per heavy atom. The number of hydrogen-bond donors (Lipinski definition) is 0. The topological polar surface area (TPSA) is 72.7 Å². The lowest BCUT2D eigenvalue weighted by Gasteiger charge is -2.37. The van der Waals surface area contributed by atoms with Crippen LogP contribution in [0.15, 0.2) is 67.0 Å². The summed E-state index contributed by atoms with van der Waals surface area (Å²) in [6.45, 7) is 8.86. The van der Waals surface area contributed by atoms with Crippen LogP contribution in [0.25, 0.3) is 22.2 Å². The molecule has 192 valence electrons. The number of ether oxygens (including phenoxy) is 2. The number of benzene rings is 2. The number of nitrogens with zero attached hydrogens (tertiary/aromatic N) is 5. The van der Waals surface area contributed by atoms with E-state index in [2.05, 4.69) is 17.0 Å². The van der Waals surface area contributed by atoms with Gasteiger partial charge in [-0.15, -0.1) is 0 Å². The molecular formula is C29H33N5O3. The summed E-state index contributed by atoms with van der Waals surface area (Å²) in [6.07, 6.45) is 3.59. The summed E-state index contributed by atoms with van der Waals surface area (Å²) in [6, 6.07) is 18.3. The summed E-state index contributed by atoms with van der Waals surface area (Å²) >= 11 is 0. The van der Waals surface area contributed by atoms with Crippen molar-refractivity contribution >= 4 is 22.8 Å². The number of amides is 1. The second kappa shape index (κ2) is 10.1. The van der Waals surface area contributed by atoms with E-state index in [4.69, 9.17) is 19.6 Å². The van der Waals surface area contributed by atoms with Crippen LogP contribution in [-0.2, 0) is 11.3 Å². The van der Waals surface area contributed by atoms with Crippen molar-refractivity contribution in [2.75, 3.05) is 38.2 Å². The molecule has 0 spiro atoms. The van der Waals surface area contributed by atoms with Crippen LogP contribution in [-0.4, -0.2) is 64.6 Å². The molecule has 2 aromatic carbocycles. The Balaban J connectivity index is 1.47. The van der Waals surface area contributed by atoms with E-state index >= 15 is 0 Å². The molecule has 1 aliphatic rings. The van der Waals surface area contributed by atoms with E-state index in [1.807, 2.05) is 80.3 Å². The maximum atomic E-state index is 12.6. The maximum absolute atomic E-state index is 12.6. The first kappa shape index (κ1) is 24.6. The van der Waals surface area contributed by atoms with Crippen LogP contribution in [0.1, 0.15) is 26.3 Å². The first-order chi connectivity index (χ1) is 17.8. The Bertz CT molecular complexity index is 1370. The zero-order valence-corrected chi connectivity index (χ0v) is 21.8. The summed E-state index contributed by atoms with van der Waals surface area (Å²) in [4.78, 5) is 21.6. The first-order valence-electron chi connectivity index (χ1n) is 12.6. The van der Waals surface area contributed by atoms with E-state index in [1.165, 1.54) is 0 Å². The van der Waals surface area contributed by atoms with Crippen molar-refractivity contribution in [3.8, 4) is 16.9 Å². The highest BCUT2D eigenvalue weighted by Gasteiger charge is 2.28. The predicted octanol–water partition coefficient (Wildman–Crippen LogP) is 5.21. The molecule has 8 nitrogen and oxygen atoms in total. The van der Waals surface area contributed by atoms with E-state index in [-0.39, 0.29) is 6.09 Å². The van der Waals surface area contributed by atoms with E-state index in [1.54, 1.807) is 12.0 Å². The maximum Gasteiger partial charge on any atom is 0.410 e. The molecule has 0 bridgehead atoms. The minimum absolute atomic E-state index is 0.261. The lowest BCUT2D eigenvalue weighted by atomic mass is 10.0. The number of pyridine rings is 1. The standard InChI is InChI=1S/C29H33N5O3/c1-29(2,3)37-28(35)33-16-14-32(15-17-33)26-24(22-8-6-5-7-9-22)18-30-27-25(26)19-31-34(27)20-21-10-12-23(36-4)13-11-21/h5-13,18-19H,14-17,20H2,1-4H3. The molecule has 0 radical (unpaired) electrons. The van der Waals surface area contributed by atoms with Crippen LogP contribution in [0.4, 0.5) is 10.5 Å². The molecule has 0 saturated carbocycles. The van der Waals surface area contributed by atoms with Crippen LogP contribution in [0.3, 0.4) is 0 Å². The third-order valence-corrected chi connectivity index (χ3v) is 6.46. The summed E-state index contributed by atoms with van der Waals surface area (Å²) in [7, 11) is 1.67. The Morgan fingerprint density at radius 3 is 2.30 bits per heavy atom. The van der Waals surface area contributed by atoms with Gasteiger partial charge < -0.3 is 19.3 Å². The Morgan fingerprint density at radius 2 is 1.65 bits per heavy atom. The van der Waals surface area contributed by atoms with Gasteiger partial charge in [-0.25, -0.2) is 14.5 Å². The predicted molar refractivity (Wildman–Crippen MR) is 145 cm³/mol. The van der Waals surface area contributed by atoms with E-state index < -0.39 is 5.60 Å². The fourth-order valence-corrected chi connectivity index (χ4v) is 4.64. The van der Waals surface area contributed by atoms with E-state index in [0.29, 0.717) is 32.7 Å². The highest BCUT2D eigenvalue weighted by molar-refractivity contribution is 5.98. The van der Waals surface area contributed by atoms with Gasteiger partial charge in [0.1, 0.15) is 11.4 Å². The number of hydrogen-bond acceptors (Lipinski definition) is 6. The van der Waals surface area contributed by atoms with Crippen LogP contribution >= 0.6 is 0 Å². The normalized spacial score (nSPS) is 14.2. The smallest absolute Gasteiger partial charge is 0.410 e. The summed E-state index contributed by atoms with van der Waals surface area (Å²) in [5.74, 6) is 0.826. The van der Waals surface area contributed by atoms with Crippen LogP contribution in [0, 0.1) is 0 Å². The number of carbonyl (C=O) groups excluding carboxylic acids is 1. The number of fused-ring (bicyclic) bond motifs is 1. The third kappa shape index (κ3) is 5.38. The number of aromatic nitrogens is 3. The molecule has 1 aliphatic heterocycles. The van der Waals surface area contributed by atoms with Gasteiger partial charge in [0, 0.05) is 37.9 Å². The van der Waals surface area contributed by atoms with Gasteiger partial charge in [0.05, 0.1) is 30.9 Å². The average Bonchev–Trinajstić information content (AvgIpc) is 3.31. The molecule has 3 heterocycles. The SMILES string of the molecule is COc1ccc(Cn2ncc3c(N4CCN(C(=O)OC(C)(C)C)CC4)c(-c4ccccc4)cnc32)cc1. The quantitative estimate of drug-likeness (QED) is 0.375. The van der Waals surface area contributed by atoms with Gasteiger partial charge in [0.25, 0.3) is 0 Å². The Labute approximate surface area is 217 Å². The highest BCUT2D eigenvalue weighted by Crippen LogP contribution is 2.37. The number of piperazine rings is 1. The fraction of sp³-hybridized carbons (Fsp3) is 0.345. The highest BCUT2D eigenvalue weighted by atomic mass is 16.6. The Kier molecular flexibility index (Phi) is 6.74. The van der Waals surface area contributed by atoms with Crippen LogP contribution in [0.2, 0.25) is 0 Å². The molecule has 2 aromatic heterocycles. The van der Waals surface area contributed by atoms with Crippen LogP contribution in [0.5, 0.6) is 5.75 Å². The number of anilines is 1. The van der Waals surface area contributed by atoms with Gasteiger partial charge in [-0.3, -0.25) is 0 Å². The lowest BCUT2D eigenvalue weighted by molar-refractivity contribution is 0.0241. The molecule has 37 heavy (non-hydrogen) atoms. The van der Waals surface area contributed by atoms with Crippen molar-refractivity contribution < 1.29 is 14.3 Å². The van der Waals surface area contributed by atoms with Crippen molar-refractivity contribution in [1.82, 2.24) is 19.7 Å². The molecule has 8 heteroatoms. The molecule has 0 atom stereocenters. The lowest BCUT2D eigenvalue weighted by Crippen LogP contribution is -2.50. The van der Waals surface area contributed by atoms with Gasteiger partial charge in [-0.05, 0) is 44.0 Å². The molecule has 0 aliphatic carbocycles. The minimum Gasteiger partial charge on any atom is -0.497 e. The number of carbonyl (C=O) groups is 1. The summed E-state index contributed by atoms with van der Waals surface area (Å²) < 4.78 is 12.8. The zero-order chi connectivity index (χ0) is 26.0. The van der Waals surface area contributed by atoms with Gasteiger partial charge in [0.2, 0.25) is 0 Å². The van der Waals surface area contributed by atoms with E-state index in [0.717, 1.165) is 39.2 Å². The third-order valence-electron chi connectivity index (χ3n) is 6.46. The molecule has 5 rings (SSSR count). The summed E-state index contributed by atoms with van der Waals surface area (Å²) in [5.41, 5.74) is 4.70. The molecule has 1 saturated heterocycles. The fourth-order valence-electron chi connectivity index (χ4n) is 4.64. The summed E-state index contributed by atoms with van der Waals surface area (Å²) in [5, 5.41) is 5.72. The van der Waals surface area contributed by atoms with E-state index in [9.17, 15) is 4.79 Å². The first-order valence-corrected chi connectivity index (χ1v) is 12.6. The number of methoxy groups -OCH3 is 1. The van der Waals surface area contributed by atoms with Gasteiger partial charge in [-0.1, -0.05) is 42.5 Å². The van der Waals surface area contributed by atoms with Gasteiger partial charge in [-0.2, -0.15) is 5.10 Å². The van der Waals surface area contributed by atoms with Crippen molar-refractivity contribution in [1.29, 1.82) is 0 Å². The molecule has 4 aromatic rings. The molecule has 1 fully saturated rings. The van der Waals surface area contributed by atoms with Crippen molar-refractivity contribution in [2.45, 2.75) is 32.9 Å². The second-order valence-corrected chi connectivity index (χ2v) is 10.2. The van der Waals surface area contributed by atoms with Crippen molar-refractivity contribution in [2.24, 2.45) is 0 Å². The molecular weight excluding hydrogens is 466 g/mol. The van der Waals surface area contributed by atoms with Gasteiger partial charge >= 0.3 is 6.09 Å². The molecule has 0 unspecified atom stereocenters. The van der Waals surface area contributed by atoms with Crippen LogP contribution < -0.4 is 9.64 Å². The monoisotopic (exact) mass is 499 g/mol. The van der Waals surface area contributed by atoms with Crippen molar-refractivity contribution in [3.05, 3.63) is 72.6 Å². The van der Waals surface area contributed by atoms with Gasteiger partial charge in [0.15, 0.2) is 5.65 Å². The molecule has 1 amide bonds. The Hall–Kier alpha value is -4.07. The molecule has 0 N–H and O–H groups in total. The number of rotatable bonds is 5. The largest absolute Gasteiger partial charge is 0.497 e. The zero-order valence-electron chi connectivity index (χ0n) is 21.8. The second-order valence-electron chi connectivity index (χ2n) is 10.2. The minimum atomic E-state index is -0.509. The van der Waals surface area contributed by atoms with Crippen molar-refractivity contribution in [3.63, 3.8) is 0 Å².